The number of amides is 1. The Hall–Kier alpha value is -1.38. The van der Waals surface area contributed by atoms with E-state index in [1.165, 1.54) is 0 Å². The number of para-hydroxylation sites is 1. The van der Waals surface area contributed by atoms with Gasteiger partial charge in [0.1, 0.15) is 0 Å². The zero-order chi connectivity index (χ0) is 8.55. The summed E-state index contributed by atoms with van der Waals surface area (Å²) in [6, 6.07) is 7.24. The molecule has 0 saturated heterocycles. The van der Waals surface area contributed by atoms with Gasteiger partial charge in [-0.15, -0.1) is 0 Å². The Balaban J connectivity index is 2.47. The molecule has 0 radical (unpaired) electrons. The van der Waals surface area contributed by atoms with Gasteiger partial charge in [-0.3, -0.25) is 9.69 Å². The van der Waals surface area contributed by atoms with Crippen LogP contribution in [0.5, 0.6) is 0 Å². The predicted octanol–water partition coefficient (Wildman–Crippen LogP) is 1.50. The molecule has 1 amide bonds. The highest BCUT2D eigenvalue weighted by Gasteiger charge is 2.27. The number of hydrogen-bond acceptors (Lipinski definition) is 1. The van der Waals surface area contributed by atoms with Gasteiger partial charge in [-0.05, 0) is 11.6 Å². The number of fused-ring (bicyclic) bond motifs is 1. The molecule has 62 valence electrons. The van der Waals surface area contributed by atoms with Crippen LogP contribution in [0.25, 0.3) is 0 Å². The van der Waals surface area contributed by atoms with Gasteiger partial charge in [-0.1, -0.05) is 18.2 Å². The third-order valence-electron chi connectivity index (χ3n) is 2.07. The van der Waals surface area contributed by atoms with Gasteiger partial charge in [-0.25, -0.2) is 4.39 Å². The molecule has 2 rings (SSSR count). The van der Waals surface area contributed by atoms with E-state index >= 15 is 0 Å². The van der Waals surface area contributed by atoms with Gasteiger partial charge in [0.2, 0.25) is 6.41 Å². The first kappa shape index (κ1) is 7.28. The summed E-state index contributed by atoms with van der Waals surface area (Å²) in [5, 5.41) is 0. The van der Waals surface area contributed by atoms with Crippen LogP contribution in [0.2, 0.25) is 0 Å². The molecule has 1 aromatic carbocycles. The third kappa shape index (κ3) is 0.897. The second-order valence-electron chi connectivity index (χ2n) is 2.78. The third-order valence-corrected chi connectivity index (χ3v) is 2.07. The largest absolute Gasteiger partial charge is 0.283 e. The van der Waals surface area contributed by atoms with Gasteiger partial charge in [-0.2, -0.15) is 0 Å². The van der Waals surface area contributed by atoms with Crippen LogP contribution >= 0.6 is 0 Å². The number of carbonyl (C=O) groups is 1. The number of rotatable bonds is 1. The molecule has 0 bridgehead atoms. The summed E-state index contributed by atoms with van der Waals surface area (Å²) in [5.41, 5.74) is 1.59. The molecule has 1 heterocycles. The van der Waals surface area contributed by atoms with E-state index in [1.54, 1.807) is 12.1 Å². The normalized spacial score (nSPS) is 20.8. The Morgan fingerprint density at radius 1 is 1.50 bits per heavy atom. The maximum Gasteiger partial charge on any atom is 0.216 e. The molecule has 1 aliphatic rings. The first-order chi connectivity index (χ1) is 5.83. The number of halogens is 1. The minimum Gasteiger partial charge on any atom is -0.283 e. The van der Waals surface area contributed by atoms with Crippen LogP contribution in [0, 0.1) is 0 Å². The minimum atomic E-state index is -1.18. The molecule has 0 aliphatic carbocycles. The molecule has 2 nitrogen and oxygen atoms in total. The molecule has 0 N–H and O–H groups in total. The van der Waals surface area contributed by atoms with Crippen LogP contribution in [-0.2, 0) is 11.2 Å². The van der Waals surface area contributed by atoms with Crippen LogP contribution in [-0.4, -0.2) is 12.7 Å². The van der Waals surface area contributed by atoms with Crippen LogP contribution in [0.15, 0.2) is 24.3 Å². The van der Waals surface area contributed by atoms with E-state index < -0.39 is 6.30 Å². The van der Waals surface area contributed by atoms with Crippen molar-refractivity contribution in [2.24, 2.45) is 0 Å². The molecule has 12 heavy (non-hydrogen) atoms. The highest BCUT2D eigenvalue weighted by atomic mass is 19.1. The Bertz CT molecular complexity index is 313. The van der Waals surface area contributed by atoms with Crippen molar-refractivity contribution >= 4 is 12.1 Å². The van der Waals surface area contributed by atoms with E-state index in [9.17, 15) is 9.18 Å². The lowest BCUT2D eigenvalue weighted by atomic mass is 10.2. The Kier molecular flexibility index (Phi) is 1.57. The molecule has 0 aromatic heterocycles. The van der Waals surface area contributed by atoms with Crippen molar-refractivity contribution in [1.29, 1.82) is 0 Å². The molecular formula is C9H8FNO. The second kappa shape index (κ2) is 2.59. The smallest absolute Gasteiger partial charge is 0.216 e. The zero-order valence-corrected chi connectivity index (χ0v) is 6.40. The Labute approximate surface area is 69.6 Å². The number of nitrogens with zero attached hydrogens (tertiary/aromatic N) is 1. The van der Waals surface area contributed by atoms with E-state index in [0.717, 1.165) is 10.5 Å². The van der Waals surface area contributed by atoms with Crippen molar-refractivity contribution in [3.8, 4) is 0 Å². The first-order valence-electron chi connectivity index (χ1n) is 3.78. The van der Waals surface area contributed by atoms with E-state index in [2.05, 4.69) is 0 Å². The lowest BCUT2D eigenvalue weighted by Crippen LogP contribution is -2.25. The fourth-order valence-electron chi connectivity index (χ4n) is 1.49. The topological polar surface area (TPSA) is 20.3 Å². The molecule has 3 heteroatoms. The van der Waals surface area contributed by atoms with Gasteiger partial charge in [0.25, 0.3) is 0 Å². The first-order valence-corrected chi connectivity index (χ1v) is 3.78. The molecular weight excluding hydrogens is 157 g/mol. The van der Waals surface area contributed by atoms with Gasteiger partial charge < -0.3 is 0 Å². The van der Waals surface area contributed by atoms with Gasteiger partial charge in [0.15, 0.2) is 6.30 Å². The van der Waals surface area contributed by atoms with Crippen molar-refractivity contribution in [3.63, 3.8) is 0 Å². The minimum absolute atomic E-state index is 0.314. The maximum absolute atomic E-state index is 13.1. The summed E-state index contributed by atoms with van der Waals surface area (Å²) in [7, 11) is 0. The van der Waals surface area contributed by atoms with Crippen LogP contribution in [0.3, 0.4) is 0 Å². The summed E-state index contributed by atoms with van der Waals surface area (Å²) in [5.74, 6) is 0. The fraction of sp³-hybridized carbons (Fsp3) is 0.222. The number of anilines is 1. The van der Waals surface area contributed by atoms with Crippen molar-refractivity contribution in [2.45, 2.75) is 12.7 Å². The molecule has 1 atom stereocenters. The average molecular weight is 165 g/mol. The maximum atomic E-state index is 13.1. The highest BCUT2D eigenvalue weighted by molar-refractivity contribution is 5.80. The second-order valence-corrected chi connectivity index (χ2v) is 2.78. The monoisotopic (exact) mass is 165 g/mol. The van der Waals surface area contributed by atoms with E-state index in [4.69, 9.17) is 0 Å². The molecule has 1 aliphatic heterocycles. The molecule has 0 spiro atoms. The molecule has 1 unspecified atom stereocenters. The van der Waals surface area contributed by atoms with Crippen LogP contribution in [0.4, 0.5) is 10.1 Å². The zero-order valence-electron chi connectivity index (χ0n) is 6.40. The van der Waals surface area contributed by atoms with Crippen LogP contribution < -0.4 is 4.90 Å². The quantitative estimate of drug-likeness (QED) is 0.456. The van der Waals surface area contributed by atoms with Crippen molar-refractivity contribution in [1.82, 2.24) is 0 Å². The molecule has 1 aromatic rings. The summed E-state index contributed by atoms with van der Waals surface area (Å²) in [4.78, 5) is 11.6. The number of alkyl halides is 1. The summed E-state index contributed by atoms with van der Waals surface area (Å²) >= 11 is 0. The summed E-state index contributed by atoms with van der Waals surface area (Å²) in [6.45, 7) is 0. The van der Waals surface area contributed by atoms with Gasteiger partial charge in [0, 0.05) is 12.1 Å². The SMILES string of the molecule is O=CN1c2ccccc2CC1F. The summed E-state index contributed by atoms with van der Waals surface area (Å²) < 4.78 is 13.1. The lowest BCUT2D eigenvalue weighted by molar-refractivity contribution is -0.108. The fourth-order valence-corrected chi connectivity index (χ4v) is 1.49. The lowest BCUT2D eigenvalue weighted by Gasteiger charge is -2.12. The Morgan fingerprint density at radius 3 is 3.00 bits per heavy atom. The van der Waals surface area contributed by atoms with Gasteiger partial charge >= 0.3 is 0 Å². The number of carbonyl (C=O) groups excluding carboxylic acids is 1. The van der Waals surface area contributed by atoms with E-state index in [-0.39, 0.29) is 0 Å². The summed E-state index contributed by atoms with van der Waals surface area (Å²) in [6.07, 6.45) is -0.328. The number of hydrogen-bond donors (Lipinski definition) is 0. The molecule has 0 fully saturated rings. The standard InChI is InChI=1S/C9H8FNO/c10-9-5-7-3-1-2-4-8(7)11(9)6-12/h1-4,6,9H,5H2. The van der Waals surface area contributed by atoms with E-state index in [1.807, 2.05) is 12.1 Å². The van der Waals surface area contributed by atoms with Crippen molar-refractivity contribution in [3.05, 3.63) is 29.8 Å². The van der Waals surface area contributed by atoms with Crippen molar-refractivity contribution < 1.29 is 9.18 Å². The Morgan fingerprint density at radius 2 is 2.25 bits per heavy atom. The van der Waals surface area contributed by atoms with E-state index in [0.29, 0.717) is 18.5 Å². The number of benzene rings is 1. The van der Waals surface area contributed by atoms with Crippen LogP contribution in [0.1, 0.15) is 5.56 Å². The highest BCUT2D eigenvalue weighted by Crippen LogP contribution is 2.30. The molecule has 0 saturated carbocycles. The van der Waals surface area contributed by atoms with Gasteiger partial charge in [0.05, 0.1) is 0 Å². The van der Waals surface area contributed by atoms with Crippen molar-refractivity contribution in [2.75, 3.05) is 4.90 Å². The predicted molar refractivity (Wildman–Crippen MR) is 43.6 cm³/mol. The average Bonchev–Trinajstić information content (AvgIpc) is 2.40.